The number of thiophene rings is 2. The summed E-state index contributed by atoms with van der Waals surface area (Å²) in [5.41, 5.74) is 4.91. The lowest BCUT2D eigenvalue weighted by Crippen LogP contribution is -2.41. The lowest BCUT2D eigenvalue weighted by Gasteiger charge is -2.39. The summed E-state index contributed by atoms with van der Waals surface area (Å²) >= 11 is 2.95. The molecule has 430 valence electrons. The van der Waals surface area contributed by atoms with E-state index in [-0.39, 0.29) is 79.6 Å². The van der Waals surface area contributed by atoms with E-state index in [0.29, 0.717) is 58.6 Å². The fourth-order valence-corrected chi connectivity index (χ4v) is 11.4. The van der Waals surface area contributed by atoms with Gasteiger partial charge in [0.15, 0.2) is 0 Å². The third-order valence-electron chi connectivity index (χ3n) is 13.9. The van der Waals surface area contributed by atoms with Gasteiger partial charge in [-0.3, -0.25) is 39.8 Å². The molecule has 0 spiro atoms. The number of esters is 2. The first-order valence-electron chi connectivity index (χ1n) is 26.7. The highest BCUT2D eigenvalue weighted by molar-refractivity contribution is 7.14. The number of aryl methyl sites for hydroxylation is 4. The third kappa shape index (κ3) is 15.6. The van der Waals surface area contributed by atoms with E-state index >= 15 is 0 Å². The first kappa shape index (κ1) is 63.6. The van der Waals surface area contributed by atoms with E-state index < -0.39 is 10.8 Å². The van der Waals surface area contributed by atoms with Gasteiger partial charge in [0, 0.05) is 39.7 Å². The molecule has 8 rings (SSSR count). The zero-order valence-electron chi connectivity index (χ0n) is 47.0. The van der Waals surface area contributed by atoms with Crippen molar-refractivity contribution in [2.45, 2.75) is 149 Å². The van der Waals surface area contributed by atoms with E-state index in [0.717, 1.165) is 64.9 Å². The first-order valence-corrected chi connectivity index (χ1v) is 28.3. The molecule has 6 heterocycles. The molecular formula is C62H82N8O8S2. The van der Waals surface area contributed by atoms with Gasteiger partial charge in [0.25, 0.3) is 11.1 Å². The molecule has 0 aliphatic carbocycles. The normalized spacial score (nSPS) is 14.6. The second-order valence-corrected chi connectivity index (χ2v) is 24.3. The van der Waals surface area contributed by atoms with Crippen LogP contribution in [-0.2, 0) is 44.7 Å². The number of carbonyl (C=O) groups is 4. The van der Waals surface area contributed by atoms with Crippen LogP contribution in [0.2, 0.25) is 0 Å². The average molecular weight is 1130 g/mol. The van der Waals surface area contributed by atoms with E-state index in [9.17, 15) is 28.8 Å². The second kappa shape index (κ2) is 27.3. The van der Waals surface area contributed by atoms with Crippen molar-refractivity contribution in [2.24, 2.45) is 16.7 Å². The Bertz CT molecular complexity index is 3280. The predicted octanol–water partition coefficient (Wildman–Crippen LogP) is 12.9. The van der Waals surface area contributed by atoms with Crippen molar-refractivity contribution in [1.29, 1.82) is 0 Å². The van der Waals surface area contributed by atoms with Gasteiger partial charge in [-0.15, -0.1) is 22.7 Å². The van der Waals surface area contributed by atoms with E-state index in [1.165, 1.54) is 27.6 Å². The third-order valence-corrected chi connectivity index (χ3v) is 16.5. The number of nitrogens with one attached hydrogen (secondary N) is 4. The highest BCUT2D eigenvalue weighted by Gasteiger charge is 2.34. The van der Waals surface area contributed by atoms with Crippen LogP contribution in [0, 0.1) is 30.6 Å². The molecule has 6 aromatic rings. The quantitative estimate of drug-likeness (QED) is 0.0668. The standard InChI is InChI=1S/C30H38N4O4S.C30H36N4O4S.2CH4/c2*1-7-38-27(36)24-15-18(2)23(39-24)14-13-20-16-22-25(34(17-20)19(3)21-11-9-8-10-12-21)31-29(32-26(22)35)33-28(37)30(4,5)6;;/h8-12,15,19-20H,7,13-14,16-17H2,1-6H3,(H2,31,32,33,35,37);8-12,15,17,19H,7,13-14,16H2,1-6H3,(H2,31,32,33,35,37);2*1H4/t19-,20+;19-;;/m11../s1. The van der Waals surface area contributed by atoms with Crippen molar-refractivity contribution >= 4 is 70.0 Å². The lowest BCUT2D eigenvalue weighted by molar-refractivity contribution is -0.123. The zero-order valence-corrected chi connectivity index (χ0v) is 48.6. The number of anilines is 4. The van der Waals surface area contributed by atoms with Gasteiger partial charge in [0.05, 0.1) is 36.4 Å². The number of aromatic amines is 2. The molecule has 4 aromatic heterocycles. The molecule has 3 atom stereocenters. The van der Waals surface area contributed by atoms with Crippen LogP contribution >= 0.6 is 22.7 Å². The number of hydrogen-bond donors (Lipinski definition) is 4. The van der Waals surface area contributed by atoms with Crippen molar-refractivity contribution in [3.05, 3.63) is 158 Å². The summed E-state index contributed by atoms with van der Waals surface area (Å²) in [6.45, 7) is 24.1. The highest BCUT2D eigenvalue weighted by Crippen LogP contribution is 2.38. The average Bonchev–Trinajstić information content (AvgIpc) is 3.98. The number of fused-ring (bicyclic) bond motifs is 2. The molecule has 0 fully saturated rings. The molecule has 16 nitrogen and oxygen atoms in total. The van der Waals surface area contributed by atoms with Crippen molar-refractivity contribution in [2.75, 3.05) is 40.2 Å². The Balaban J connectivity index is 0.000000287. The molecule has 0 radical (unpaired) electrons. The van der Waals surface area contributed by atoms with Crippen LogP contribution in [0.3, 0.4) is 0 Å². The van der Waals surface area contributed by atoms with Crippen molar-refractivity contribution in [1.82, 2.24) is 19.9 Å². The summed E-state index contributed by atoms with van der Waals surface area (Å²) in [5, 5.41) is 5.56. The summed E-state index contributed by atoms with van der Waals surface area (Å²) in [5.74, 6) is 0.672. The molecule has 2 aliphatic rings. The molecule has 0 unspecified atom stereocenters. The number of rotatable bonds is 16. The largest absolute Gasteiger partial charge is 0.462 e. The monoisotopic (exact) mass is 1130 g/mol. The number of benzene rings is 2. The maximum atomic E-state index is 13.3. The van der Waals surface area contributed by atoms with Gasteiger partial charge >= 0.3 is 11.9 Å². The summed E-state index contributed by atoms with van der Waals surface area (Å²) in [6.07, 6.45) is 6.28. The molecule has 2 aliphatic heterocycles. The molecule has 0 bridgehead atoms. The van der Waals surface area contributed by atoms with E-state index in [2.05, 4.69) is 57.7 Å². The minimum absolute atomic E-state index is 0. The number of H-pyrrole nitrogens is 2. The van der Waals surface area contributed by atoms with Gasteiger partial charge in [0.1, 0.15) is 21.4 Å². The maximum absolute atomic E-state index is 13.3. The Kier molecular flexibility index (Phi) is 21.7. The summed E-state index contributed by atoms with van der Waals surface area (Å²) in [7, 11) is 0. The maximum Gasteiger partial charge on any atom is 0.348 e. The zero-order chi connectivity index (χ0) is 56.6. The van der Waals surface area contributed by atoms with Crippen molar-refractivity contribution in [3.8, 4) is 0 Å². The van der Waals surface area contributed by atoms with Gasteiger partial charge < -0.3 is 19.3 Å². The lowest BCUT2D eigenvalue weighted by atomic mass is 9.89. The Morgan fingerprint density at radius 3 is 1.62 bits per heavy atom. The molecule has 2 amide bonds. The fourth-order valence-electron chi connectivity index (χ4n) is 9.26. The Morgan fingerprint density at radius 1 is 0.675 bits per heavy atom. The van der Waals surface area contributed by atoms with Gasteiger partial charge in [-0.1, -0.05) is 117 Å². The summed E-state index contributed by atoms with van der Waals surface area (Å²) in [6, 6.07) is 23.9. The predicted molar refractivity (Wildman–Crippen MR) is 325 cm³/mol. The van der Waals surface area contributed by atoms with Crippen molar-refractivity contribution < 1.29 is 28.7 Å². The van der Waals surface area contributed by atoms with E-state index in [4.69, 9.17) is 19.4 Å². The molecular weight excluding hydrogens is 1050 g/mol. The van der Waals surface area contributed by atoms with Crippen LogP contribution in [0.1, 0.15) is 171 Å². The Labute approximate surface area is 479 Å². The van der Waals surface area contributed by atoms with Crippen LogP contribution in [0.5, 0.6) is 0 Å². The number of amides is 2. The smallest absolute Gasteiger partial charge is 0.348 e. The van der Waals surface area contributed by atoms with Gasteiger partial charge in [-0.05, 0) is 120 Å². The van der Waals surface area contributed by atoms with Crippen LogP contribution < -0.4 is 31.6 Å². The van der Waals surface area contributed by atoms with Gasteiger partial charge in [0.2, 0.25) is 23.7 Å². The number of carbonyl (C=O) groups excluding carboxylic acids is 4. The van der Waals surface area contributed by atoms with Crippen LogP contribution in [0.4, 0.5) is 23.5 Å². The summed E-state index contributed by atoms with van der Waals surface area (Å²) in [4.78, 5) is 99.0. The molecule has 0 saturated heterocycles. The topological polar surface area (TPSA) is 209 Å². The van der Waals surface area contributed by atoms with Crippen LogP contribution in [0.25, 0.3) is 0 Å². The van der Waals surface area contributed by atoms with E-state index in [1.807, 2.05) is 121 Å². The number of hydrogen-bond acceptors (Lipinski definition) is 14. The highest BCUT2D eigenvalue weighted by atomic mass is 32.1. The number of ether oxygens (including phenoxy) is 2. The molecule has 0 saturated carbocycles. The Morgan fingerprint density at radius 2 is 1.14 bits per heavy atom. The second-order valence-electron chi connectivity index (χ2n) is 22.0. The minimum atomic E-state index is -0.633. The number of nitrogens with zero attached hydrogens (tertiary/aromatic N) is 4. The fraction of sp³-hybridized carbons (Fsp3) is 0.452. The molecule has 4 N–H and O–H groups in total. The van der Waals surface area contributed by atoms with Gasteiger partial charge in [-0.25, -0.2) is 9.59 Å². The minimum Gasteiger partial charge on any atom is -0.462 e. The van der Waals surface area contributed by atoms with Crippen LogP contribution in [0.15, 0.2) is 94.2 Å². The molecule has 80 heavy (non-hydrogen) atoms. The van der Waals surface area contributed by atoms with E-state index in [1.54, 1.807) is 13.8 Å². The number of allylic oxidation sites excluding steroid dienone is 1. The van der Waals surface area contributed by atoms with Crippen molar-refractivity contribution in [3.63, 3.8) is 0 Å². The first-order chi connectivity index (χ1) is 36.9. The van der Waals surface area contributed by atoms with Crippen LogP contribution in [-0.4, -0.2) is 63.4 Å². The Hall–Kier alpha value is -7.18. The SMILES string of the molecule is C.C.CCOC(=O)c1cc(C)c(CCC2=CN([C@H](C)c3ccccc3)c3nc(NC(=O)C(C)(C)C)[nH]c(=O)c3C2)s1.CCOC(=O)c1cc(C)c(CC[C@H]2Cc3c(nc(NC(=O)C(C)(C)C)[nH]c3=O)N([C@H](C)c3ccccc3)C2)s1. The summed E-state index contributed by atoms with van der Waals surface area (Å²) < 4.78 is 10.3. The number of aromatic nitrogens is 4. The molecule has 18 heteroatoms. The van der Waals surface area contributed by atoms with Gasteiger partial charge in [-0.2, -0.15) is 9.97 Å². The molecule has 2 aromatic carbocycles.